The molecule has 3 aliphatic carbocycles. The number of rotatable bonds is 3. The molecule has 4 heteroatoms. The molecule has 1 amide bonds. The molecule has 3 fully saturated rings. The standard InChI is InChI=1S/C17H27NO3/c19-16(18-15-8-7-14(10-15)17(20)21)13-6-5-11-3-1-2-4-12(11)9-13/h11-15H,1-10H2,(H,18,19)(H,20,21)/t11?,12?,13?,14-,15+/m1/s1. The van der Waals surface area contributed by atoms with Crippen LogP contribution in [0.5, 0.6) is 0 Å². The predicted octanol–water partition coefficient (Wildman–Crippen LogP) is 2.96. The molecule has 0 aromatic heterocycles. The van der Waals surface area contributed by atoms with E-state index in [4.69, 9.17) is 5.11 Å². The highest BCUT2D eigenvalue weighted by molar-refractivity contribution is 5.79. The van der Waals surface area contributed by atoms with Crippen LogP contribution in [0.1, 0.15) is 64.2 Å². The van der Waals surface area contributed by atoms with Crippen molar-refractivity contribution in [3.63, 3.8) is 0 Å². The Kier molecular flexibility index (Phi) is 4.51. The van der Waals surface area contributed by atoms with Crippen molar-refractivity contribution in [1.82, 2.24) is 5.32 Å². The zero-order chi connectivity index (χ0) is 14.8. The summed E-state index contributed by atoms with van der Waals surface area (Å²) in [5.74, 6) is 1.02. The lowest BCUT2D eigenvalue weighted by molar-refractivity contribution is -0.141. The molecule has 0 bridgehead atoms. The van der Waals surface area contributed by atoms with Gasteiger partial charge in [0.05, 0.1) is 5.92 Å². The summed E-state index contributed by atoms with van der Waals surface area (Å²) >= 11 is 0. The molecule has 5 atom stereocenters. The third-order valence-electron chi connectivity index (χ3n) is 6.04. The molecule has 118 valence electrons. The van der Waals surface area contributed by atoms with Crippen LogP contribution in [0.15, 0.2) is 0 Å². The van der Waals surface area contributed by atoms with Gasteiger partial charge in [-0.25, -0.2) is 0 Å². The Morgan fingerprint density at radius 1 is 0.810 bits per heavy atom. The van der Waals surface area contributed by atoms with Crippen molar-refractivity contribution in [2.24, 2.45) is 23.7 Å². The second kappa shape index (κ2) is 6.37. The van der Waals surface area contributed by atoms with Gasteiger partial charge in [0, 0.05) is 12.0 Å². The van der Waals surface area contributed by atoms with Gasteiger partial charge in [0.25, 0.3) is 0 Å². The lowest BCUT2D eigenvalue weighted by atomic mass is 9.67. The molecule has 0 aliphatic heterocycles. The topological polar surface area (TPSA) is 66.4 Å². The maximum Gasteiger partial charge on any atom is 0.306 e. The number of carboxylic acid groups (broad SMARTS) is 1. The van der Waals surface area contributed by atoms with Gasteiger partial charge in [0.2, 0.25) is 5.91 Å². The van der Waals surface area contributed by atoms with Gasteiger partial charge in [-0.1, -0.05) is 25.7 Å². The number of carbonyl (C=O) groups excluding carboxylic acids is 1. The summed E-state index contributed by atoms with van der Waals surface area (Å²) in [6.45, 7) is 0. The van der Waals surface area contributed by atoms with Crippen LogP contribution in [-0.4, -0.2) is 23.0 Å². The molecule has 0 aromatic rings. The predicted molar refractivity (Wildman–Crippen MR) is 79.7 cm³/mol. The van der Waals surface area contributed by atoms with E-state index in [1.165, 1.54) is 32.1 Å². The van der Waals surface area contributed by atoms with Crippen LogP contribution >= 0.6 is 0 Å². The van der Waals surface area contributed by atoms with Crippen LogP contribution in [0.2, 0.25) is 0 Å². The van der Waals surface area contributed by atoms with Crippen LogP contribution in [0.25, 0.3) is 0 Å². The normalized spacial score (nSPS) is 39.5. The highest BCUT2D eigenvalue weighted by atomic mass is 16.4. The molecule has 0 heterocycles. The third-order valence-corrected chi connectivity index (χ3v) is 6.04. The van der Waals surface area contributed by atoms with E-state index in [9.17, 15) is 9.59 Å². The van der Waals surface area contributed by atoms with Crippen molar-refractivity contribution in [1.29, 1.82) is 0 Å². The van der Waals surface area contributed by atoms with E-state index in [1.54, 1.807) is 0 Å². The summed E-state index contributed by atoms with van der Waals surface area (Å²) in [6, 6.07) is 0.0858. The smallest absolute Gasteiger partial charge is 0.306 e. The SMILES string of the molecule is O=C(N[C@H]1CC[C@@H](C(=O)O)C1)C1CCC2CCCCC2C1. The second-order valence-corrected chi connectivity index (χ2v) is 7.37. The molecule has 3 saturated carbocycles. The molecular weight excluding hydrogens is 266 g/mol. The van der Waals surface area contributed by atoms with E-state index < -0.39 is 5.97 Å². The fourth-order valence-corrected chi connectivity index (χ4v) is 4.77. The summed E-state index contributed by atoms with van der Waals surface area (Å²) in [5.41, 5.74) is 0. The Labute approximate surface area is 126 Å². The number of hydrogen-bond donors (Lipinski definition) is 2. The highest BCUT2D eigenvalue weighted by Crippen LogP contribution is 2.42. The minimum absolute atomic E-state index is 0.0858. The second-order valence-electron chi connectivity index (χ2n) is 7.37. The van der Waals surface area contributed by atoms with Crippen LogP contribution < -0.4 is 5.32 Å². The molecule has 0 radical (unpaired) electrons. The van der Waals surface area contributed by atoms with Crippen LogP contribution in [0.3, 0.4) is 0 Å². The van der Waals surface area contributed by atoms with Gasteiger partial charge in [-0.15, -0.1) is 0 Å². The van der Waals surface area contributed by atoms with E-state index in [2.05, 4.69) is 5.32 Å². The zero-order valence-corrected chi connectivity index (χ0v) is 12.7. The minimum Gasteiger partial charge on any atom is -0.481 e. The number of nitrogens with one attached hydrogen (secondary N) is 1. The molecular formula is C17H27NO3. The van der Waals surface area contributed by atoms with E-state index >= 15 is 0 Å². The molecule has 4 nitrogen and oxygen atoms in total. The first-order valence-electron chi connectivity index (χ1n) is 8.66. The van der Waals surface area contributed by atoms with Gasteiger partial charge < -0.3 is 10.4 Å². The first kappa shape index (κ1) is 14.9. The van der Waals surface area contributed by atoms with Gasteiger partial charge in [-0.3, -0.25) is 9.59 Å². The first-order chi connectivity index (χ1) is 10.1. The summed E-state index contributed by atoms with van der Waals surface area (Å²) in [7, 11) is 0. The third kappa shape index (κ3) is 3.41. The van der Waals surface area contributed by atoms with Crippen molar-refractivity contribution >= 4 is 11.9 Å². The summed E-state index contributed by atoms with van der Waals surface area (Å²) in [6.07, 6.45) is 10.8. The lowest BCUT2D eigenvalue weighted by Crippen LogP contribution is -2.41. The Morgan fingerprint density at radius 2 is 1.52 bits per heavy atom. The van der Waals surface area contributed by atoms with Gasteiger partial charge in [-0.2, -0.15) is 0 Å². The Balaban J connectivity index is 1.48. The molecule has 3 rings (SSSR count). The fraction of sp³-hybridized carbons (Fsp3) is 0.882. The number of carbonyl (C=O) groups is 2. The molecule has 3 aliphatic rings. The van der Waals surface area contributed by atoms with E-state index in [0.717, 1.165) is 31.1 Å². The first-order valence-corrected chi connectivity index (χ1v) is 8.66. The number of fused-ring (bicyclic) bond motifs is 1. The average Bonchev–Trinajstić information content (AvgIpc) is 2.95. The molecule has 0 saturated heterocycles. The van der Waals surface area contributed by atoms with Gasteiger partial charge >= 0.3 is 5.97 Å². The summed E-state index contributed by atoms with van der Waals surface area (Å²) < 4.78 is 0. The van der Waals surface area contributed by atoms with Crippen LogP contribution in [0.4, 0.5) is 0 Å². The van der Waals surface area contributed by atoms with Crippen LogP contribution in [-0.2, 0) is 9.59 Å². The van der Waals surface area contributed by atoms with Crippen molar-refractivity contribution in [2.45, 2.75) is 70.3 Å². The monoisotopic (exact) mass is 293 g/mol. The van der Waals surface area contributed by atoms with Gasteiger partial charge in [-0.05, 0) is 50.4 Å². The quantitative estimate of drug-likeness (QED) is 0.840. The molecule has 21 heavy (non-hydrogen) atoms. The average molecular weight is 293 g/mol. The Hall–Kier alpha value is -1.06. The molecule has 0 spiro atoms. The van der Waals surface area contributed by atoms with Crippen molar-refractivity contribution in [3.8, 4) is 0 Å². The maximum absolute atomic E-state index is 12.4. The Morgan fingerprint density at radius 3 is 2.24 bits per heavy atom. The Bertz CT molecular complexity index is 409. The van der Waals surface area contributed by atoms with Crippen molar-refractivity contribution < 1.29 is 14.7 Å². The van der Waals surface area contributed by atoms with Gasteiger partial charge in [0.15, 0.2) is 0 Å². The number of amides is 1. The van der Waals surface area contributed by atoms with E-state index in [0.29, 0.717) is 12.8 Å². The maximum atomic E-state index is 12.4. The van der Waals surface area contributed by atoms with Crippen molar-refractivity contribution in [3.05, 3.63) is 0 Å². The summed E-state index contributed by atoms with van der Waals surface area (Å²) in [4.78, 5) is 23.4. The zero-order valence-electron chi connectivity index (χ0n) is 12.7. The summed E-state index contributed by atoms with van der Waals surface area (Å²) in [5, 5.41) is 12.2. The highest BCUT2D eigenvalue weighted by Gasteiger charge is 2.37. The van der Waals surface area contributed by atoms with E-state index in [-0.39, 0.29) is 23.8 Å². The number of hydrogen-bond acceptors (Lipinski definition) is 2. The fourth-order valence-electron chi connectivity index (χ4n) is 4.77. The molecule has 0 aromatic carbocycles. The van der Waals surface area contributed by atoms with Gasteiger partial charge in [0.1, 0.15) is 0 Å². The van der Waals surface area contributed by atoms with Crippen molar-refractivity contribution in [2.75, 3.05) is 0 Å². The number of aliphatic carboxylic acids is 1. The minimum atomic E-state index is -0.713. The van der Waals surface area contributed by atoms with E-state index in [1.807, 2.05) is 0 Å². The van der Waals surface area contributed by atoms with Crippen LogP contribution in [0, 0.1) is 23.7 Å². The molecule has 3 unspecified atom stereocenters. The number of carboxylic acids is 1. The molecule has 2 N–H and O–H groups in total. The largest absolute Gasteiger partial charge is 0.481 e. The lowest BCUT2D eigenvalue weighted by Gasteiger charge is -2.39.